The van der Waals surface area contributed by atoms with E-state index >= 15 is 0 Å². The third-order valence-corrected chi connectivity index (χ3v) is 4.64. The maximum Gasteiger partial charge on any atom is 0.225 e. The summed E-state index contributed by atoms with van der Waals surface area (Å²) in [6, 6.07) is 1.34. The Hall–Kier alpha value is -1.20. The summed E-state index contributed by atoms with van der Waals surface area (Å²) in [6.45, 7) is 5.11. The maximum absolute atomic E-state index is 4.75. The van der Waals surface area contributed by atoms with Crippen molar-refractivity contribution in [2.75, 3.05) is 32.1 Å². The second-order valence-electron chi connectivity index (χ2n) is 6.64. The van der Waals surface area contributed by atoms with Crippen molar-refractivity contribution in [3.63, 3.8) is 0 Å². The van der Waals surface area contributed by atoms with Gasteiger partial charge < -0.3 is 15.1 Å². The van der Waals surface area contributed by atoms with E-state index in [1.165, 1.54) is 31.2 Å². The van der Waals surface area contributed by atoms with Gasteiger partial charge in [0.1, 0.15) is 0 Å². The lowest BCUT2D eigenvalue weighted by molar-refractivity contribution is 0.257. The van der Waals surface area contributed by atoms with E-state index in [1.54, 1.807) is 0 Å². The molecule has 21 heavy (non-hydrogen) atoms. The summed E-state index contributed by atoms with van der Waals surface area (Å²) in [5, 5.41) is 3.53. The summed E-state index contributed by atoms with van der Waals surface area (Å²) in [7, 11) is 4.32. The van der Waals surface area contributed by atoms with E-state index in [0.717, 1.165) is 37.3 Å². The van der Waals surface area contributed by atoms with Crippen molar-refractivity contribution in [1.82, 2.24) is 20.2 Å². The number of piperidine rings is 1. The fourth-order valence-electron chi connectivity index (χ4n) is 2.91. The molecular weight excluding hydrogens is 262 g/mol. The molecule has 0 bridgehead atoms. The number of aryl methyl sites for hydroxylation is 1. The van der Waals surface area contributed by atoms with Crippen LogP contribution in [0.15, 0.2) is 6.20 Å². The van der Waals surface area contributed by atoms with Crippen molar-refractivity contribution in [3.8, 4) is 0 Å². The van der Waals surface area contributed by atoms with E-state index in [2.05, 4.69) is 41.1 Å². The lowest BCUT2D eigenvalue weighted by Gasteiger charge is -2.36. The van der Waals surface area contributed by atoms with Gasteiger partial charge in [0.2, 0.25) is 5.95 Å². The van der Waals surface area contributed by atoms with Crippen LogP contribution in [0, 0.1) is 6.92 Å². The third-order valence-electron chi connectivity index (χ3n) is 4.64. The van der Waals surface area contributed by atoms with Crippen molar-refractivity contribution in [2.45, 2.75) is 51.2 Å². The van der Waals surface area contributed by atoms with Gasteiger partial charge in [-0.15, -0.1) is 0 Å². The first-order valence-electron chi connectivity index (χ1n) is 8.11. The SMILES string of the molecule is Cc1nc(N2CCCC(N(C)C)C2)ncc1CNC1CC1. The van der Waals surface area contributed by atoms with E-state index in [9.17, 15) is 0 Å². The van der Waals surface area contributed by atoms with Gasteiger partial charge in [0.25, 0.3) is 0 Å². The molecule has 1 aliphatic heterocycles. The quantitative estimate of drug-likeness (QED) is 0.891. The molecule has 2 aliphatic rings. The first kappa shape index (κ1) is 14.7. The van der Waals surface area contributed by atoms with E-state index in [0.29, 0.717) is 6.04 Å². The Morgan fingerprint density at radius 1 is 1.33 bits per heavy atom. The number of rotatable bonds is 5. The number of hydrogen-bond donors (Lipinski definition) is 1. The molecular formula is C16H27N5. The Kier molecular flexibility index (Phi) is 4.40. The van der Waals surface area contributed by atoms with Crippen LogP contribution in [-0.4, -0.2) is 54.1 Å². The monoisotopic (exact) mass is 289 g/mol. The average molecular weight is 289 g/mol. The maximum atomic E-state index is 4.75. The smallest absolute Gasteiger partial charge is 0.225 e. The Labute approximate surface area is 127 Å². The summed E-state index contributed by atoms with van der Waals surface area (Å²) in [6.07, 6.45) is 7.13. The third kappa shape index (κ3) is 3.71. The van der Waals surface area contributed by atoms with E-state index in [-0.39, 0.29) is 0 Å². The molecule has 116 valence electrons. The van der Waals surface area contributed by atoms with Crippen LogP contribution in [0.3, 0.4) is 0 Å². The predicted molar refractivity (Wildman–Crippen MR) is 85.6 cm³/mol. The molecule has 5 heteroatoms. The lowest BCUT2D eigenvalue weighted by atomic mass is 10.1. The van der Waals surface area contributed by atoms with Crippen molar-refractivity contribution >= 4 is 5.95 Å². The van der Waals surface area contributed by atoms with Crippen LogP contribution in [0.4, 0.5) is 5.95 Å². The Morgan fingerprint density at radius 2 is 2.14 bits per heavy atom. The molecule has 2 heterocycles. The molecule has 1 N–H and O–H groups in total. The van der Waals surface area contributed by atoms with E-state index < -0.39 is 0 Å². The molecule has 0 aromatic carbocycles. The van der Waals surface area contributed by atoms with Gasteiger partial charge in [0.05, 0.1) is 0 Å². The minimum absolute atomic E-state index is 0.610. The molecule has 2 fully saturated rings. The van der Waals surface area contributed by atoms with Crippen molar-refractivity contribution in [1.29, 1.82) is 0 Å². The van der Waals surface area contributed by atoms with Crippen molar-refractivity contribution in [3.05, 3.63) is 17.5 Å². The highest BCUT2D eigenvalue weighted by Crippen LogP contribution is 2.21. The number of anilines is 1. The first-order chi connectivity index (χ1) is 10.1. The zero-order valence-electron chi connectivity index (χ0n) is 13.5. The summed E-state index contributed by atoms with van der Waals surface area (Å²) in [4.78, 5) is 14.0. The fourth-order valence-corrected chi connectivity index (χ4v) is 2.91. The summed E-state index contributed by atoms with van der Waals surface area (Å²) < 4.78 is 0. The standard InChI is InChI=1S/C16H27N5/c1-12-13(9-17-14-6-7-14)10-18-16(19-12)21-8-4-5-15(11-21)20(2)3/h10,14-15,17H,4-9,11H2,1-3H3. The van der Waals surface area contributed by atoms with Gasteiger partial charge >= 0.3 is 0 Å². The van der Waals surface area contributed by atoms with Gasteiger partial charge in [0, 0.05) is 49.2 Å². The number of aromatic nitrogens is 2. The number of nitrogens with zero attached hydrogens (tertiary/aromatic N) is 4. The number of likely N-dealkylation sites (N-methyl/N-ethyl adjacent to an activating group) is 1. The molecule has 1 aromatic heterocycles. The minimum Gasteiger partial charge on any atom is -0.339 e. The van der Waals surface area contributed by atoms with Gasteiger partial charge in [-0.1, -0.05) is 0 Å². The Balaban J connectivity index is 1.65. The molecule has 1 unspecified atom stereocenters. The zero-order chi connectivity index (χ0) is 14.8. The van der Waals surface area contributed by atoms with Crippen LogP contribution >= 0.6 is 0 Å². The second-order valence-corrected chi connectivity index (χ2v) is 6.64. The van der Waals surface area contributed by atoms with E-state index in [4.69, 9.17) is 4.98 Å². The first-order valence-corrected chi connectivity index (χ1v) is 8.11. The summed E-state index contributed by atoms with van der Waals surface area (Å²) in [5.41, 5.74) is 2.34. The highest BCUT2D eigenvalue weighted by molar-refractivity contribution is 5.34. The fraction of sp³-hybridized carbons (Fsp3) is 0.750. The highest BCUT2D eigenvalue weighted by Gasteiger charge is 2.24. The van der Waals surface area contributed by atoms with Gasteiger partial charge in [-0.2, -0.15) is 0 Å². The number of hydrogen-bond acceptors (Lipinski definition) is 5. The molecule has 1 saturated carbocycles. The average Bonchev–Trinajstić information content (AvgIpc) is 3.30. The van der Waals surface area contributed by atoms with Gasteiger partial charge in [-0.25, -0.2) is 9.97 Å². The Morgan fingerprint density at radius 3 is 2.81 bits per heavy atom. The largest absolute Gasteiger partial charge is 0.339 e. The molecule has 0 radical (unpaired) electrons. The molecule has 5 nitrogen and oxygen atoms in total. The zero-order valence-corrected chi connectivity index (χ0v) is 13.5. The molecule has 0 spiro atoms. The molecule has 1 atom stereocenters. The van der Waals surface area contributed by atoms with Crippen molar-refractivity contribution in [2.24, 2.45) is 0 Å². The van der Waals surface area contributed by atoms with Crippen LogP contribution in [0.5, 0.6) is 0 Å². The Bertz CT molecular complexity index is 484. The van der Waals surface area contributed by atoms with Crippen LogP contribution in [0.1, 0.15) is 36.9 Å². The highest BCUT2D eigenvalue weighted by atomic mass is 15.3. The summed E-state index contributed by atoms with van der Waals surface area (Å²) >= 11 is 0. The lowest BCUT2D eigenvalue weighted by Crippen LogP contribution is -2.45. The van der Waals surface area contributed by atoms with Crippen LogP contribution in [-0.2, 0) is 6.54 Å². The molecule has 0 amide bonds. The number of nitrogens with one attached hydrogen (secondary N) is 1. The van der Waals surface area contributed by atoms with Crippen LogP contribution in [0.2, 0.25) is 0 Å². The van der Waals surface area contributed by atoms with Crippen LogP contribution in [0.25, 0.3) is 0 Å². The molecule has 3 rings (SSSR count). The molecule has 1 saturated heterocycles. The van der Waals surface area contributed by atoms with Crippen LogP contribution < -0.4 is 10.2 Å². The van der Waals surface area contributed by atoms with Gasteiger partial charge in [-0.05, 0) is 46.7 Å². The second kappa shape index (κ2) is 6.28. The molecule has 1 aromatic rings. The van der Waals surface area contributed by atoms with E-state index in [1.807, 2.05) is 6.20 Å². The van der Waals surface area contributed by atoms with Crippen molar-refractivity contribution < 1.29 is 0 Å². The van der Waals surface area contributed by atoms with Gasteiger partial charge in [-0.3, -0.25) is 0 Å². The normalized spacial score (nSPS) is 22.9. The van der Waals surface area contributed by atoms with Gasteiger partial charge in [0.15, 0.2) is 0 Å². The predicted octanol–water partition coefficient (Wildman–Crippen LogP) is 1.57. The molecule has 1 aliphatic carbocycles. The topological polar surface area (TPSA) is 44.3 Å². The summed E-state index contributed by atoms with van der Waals surface area (Å²) in [5.74, 6) is 0.897. The minimum atomic E-state index is 0.610.